The van der Waals surface area contributed by atoms with Gasteiger partial charge in [0.15, 0.2) is 6.10 Å². The summed E-state index contributed by atoms with van der Waals surface area (Å²) in [6.45, 7) is 6.54. The molecule has 0 aromatic heterocycles. The molecule has 0 N–H and O–H groups in total. The molecule has 0 saturated heterocycles. The number of carbonyl (C=O) groups excluding carboxylic acids is 3. The fraction of sp³-hybridized carbons (Fsp3) is 0.743. The van der Waals surface area contributed by atoms with Crippen LogP contribution in [0.3, 0.4) is 0 Å². The molecule has 0 amide bonds. The largest absolute Gasteiger partial charge is 0.462 e. The SMILES string of the molecule is CC/C=C\C/C=C\C/C=C\C/C=C\C/C=C\C/C=C\CCCCCCCCCCCCC(=O)OCC(COC(=O)CCCCCCC/C=C\C/C=C\CCCCCC)OC(=O)CCCCCCCCCCCCCCCCCCC. The Morgan fingerprint density at radius 3 is 0.775 bits per heavy atom. The van der Waals surface area contributed by atoms with Crippen LogP contribution in [0.2, 0.25) is 0 Å². The molecule has 0 bridgehead atoms. The van der Waals surface area contributed by atoms with Crippen molar-refractivity contribution < 1.29 is 28.6 Å². The van der Waals surface area contributed by atoms with Gasteiger partial charge in [0.1, 0.15) is 13.2 Å². The molecule has 6 heteroatoms. The van der Waals surface area contributed by atoms with Crippen LogP contribution in [-0.4, -0.2) is 37.2 Å². The van der Waals surface area contributed by atoms with Gasteiger partial charge in [-0.05, 0) is 103 Å². The number of hydrogen-bond acceptors (Lipinski definition) is 6. The summed E-state index contributed by atoms with van der Waals surface area (Å²) in [5.74, 6) is -0.883. The van der Waals surface area contributed by atoms with Crippen molar-refractivity contribution in [1.82, 2.24) is 0 Å². The Hall–Kier alpha value is -3.67. The third-order valence-corrected chi connectivity index (χ3v) is 14.8. The van der Waals surface area contributed by atoms with Gasteiger partial charge in [0.05, 0.1) is 0 Å². The van der Waals surface area contributed by atoms with Crippen LogP contribution >= 0.6 is 0 Å². The summed E-state index contributed by atoms with van der Waals surface area (Å²) in [6.07, 6.45) is 91.3. The minimum Gasteiger partial charge on any atom is -0.462 e. The predicted octanol–water partition coefficient (Wildman–Crippen LogP) is 23.6. The molecule has 0 heterocycles. The molecule has 0 aliphatic carbocycles. The van der Waals surface area contributed by atoms with Crippen molar-refractivity contribution in [3.63, 3.8) is 0 Å². The summed E-state index contributed by atoms with van der Waals surface area (Å²) in [7, 11) is 0. The summed E-state index contributed by atoms with van der Waals surface area (Å²) in [4.78, 5) is 38.4. The van der Waals surface area contributed by atoms with Crippen LogP contribution in [0, 0.1) is 0 Å². The molecule has 0 aliphatic rings. The van der Waals surface area contributed by atoms with Gasteiger partial charge in [-0.3, -0.25) is 14.4 Å². The van der Waals surface area contributed by atoms with E-state index in [1.807, 2.05) is 0 Å². The molecule has 1 unspecified atom stereocenters. The van der Waals surface area contributed by atoms with Gasteiger partial charge in [-0.25, -0.2) is 0 Å². The lowest BCUT2D eigenvalue weighted by Gasteiger charge is -2.18. The Bertz CT molecular complexity index is 1560. The van der Waals surface area contributed by atoms with Gasteiger partial charge in [0.25, 0.3) is 0 Å². The topological polar surface area (TPSA) is 78.9 Å². The Kier molecular flexibility index (Phi) is 64.7. The zero-order chi connectivity index (χ0) is 57.8. The third-order valence-electron chi connectivity index (χ3n) is 14.8. The van der Waals surface area contributed by atoms with E-state index in [-0.39, 0.29) is 31.1 Å². The first-order chi connectivity index (χ1) is 39.5. The molecule has 1 atom stereocenters. The predicted molar refractivity (Wildman–Crippen MR) is 348 cm³/mol. The van der Waals surface area contributed by atoms with Crippen LogP contribution in [0.5, 0.6) is 0 Å². The molecular formula is C74H128O6. The summed E-state index contributed by atoms with van der Waals surface area (Å²) < 4.78 is 17.0. The Morgan fingerprint density at radius 1 is 0.263 bits per heavy atom. The molecule has 0 spiro atoms. The van der Waals surface area contributed by atoms with Crippen molar-refractivity contribution in [1.29, 1.82) is 0 Å². The molecule has 460 valence electrons. The van der Waals surface area contributed by atoms with Gasteiger partial charge in [-0.15, -0.1) is 0 Å². The van der Waals surface area contributed by atoms with Crippen LogP contribution < -0.4 is 0 Å². The Labute approximate surface area is 496 Å². The van der Waals surface area contributed by atoms with Gasteiger partial charge >= 0.3 is 17.9 Å². The number of ether oxygens (including phenoxy) is 3. The monoisotopic (exact) mass is 1110 g/mol. The van der Waals surface area contributed by atoms with Crippen molar-refractivity contribution >= 4 is 17.9 Å². The molecule has 0 aliphatic heterocycles. The molecule has 0 saturated carbocycles. The minimum atomic E-state index is -0.785. The number of rotatable bonds is 62. The fourth-order valence-electron chi connectivity index (χ4n) is 9.71. The number of hydrogen-bond donors (Lipinski definition) is 0. The summed E-state index contributed by atoms with van der Waals surface area (Å²) in [5.41, 5.74) is 0. The highest BCUT2D eigenvalue weighted by Crippen LogP contribution is 2.17. The zero-order valence-corrected chi connectivity index (χ0v) is 52.8. The van der Waals surface area contributed by atoms with E-state index in [4.69, 9.17) is 14.2 Å². The average molecular weight is 1110 g/mol. The highest BCUT2D eigenvalue weighted by molar-refractivity contribution is 5.71. The van der Waals surface area contributed by atoms with E-state index in [1.165, 1.54) is 180 Å². The fourth-order valence-corrected chi connectivity index (χ4v) is 9.71. The standard InChI is InChI=1S/C74H128O6/c1-4-7-10-13-16-19-22-25-28-31-32-33-34-35-36-37-38-39-40-41-42-44-46-49-52-55-58-61-64-67-73(76)79-70-71(69-78-72(75)66-63-60-57-54-51-48-45-30-27-24-21-18-15-12-9-6-3)80-74(77)68-65-62-59-56-53-50-47-43-29-26-23-20-17-14-11-8-5-2/h7,10,16,19,21,24-25,28,30,32-33,35-36,38-39,45,71H,4-6,8-9,11-15,17-18,20,22-23,26-27,29,31,34,37,40-44,46-70H2,1-3H3/b10-7-,19-16-,24-21-,28-25-,33-32-,36-35-,39-38-,45-30-. The van der Waals surface area contributed by atoms with E-state index in [0.29, 0.717) is 19.3 Å². The maximum atomic E-state index is 12.9. The zero-order valence-electron chi connectivity index (χ0n) is 52.8. The lowest BCUT2D eigenvalue weighted by atomic mass is 10.0. The normalized spacial score (nSPS) is 12.7. The van der Waals surface area contributed by atoms with Gasteiger partial charge in [-0.1, -0.05) is 311 Å². The average Bonchev–Trinajstić information content (AvgIpc) is 3.46. The summed E-state index contributed by atoms with van der Waals surface area (Å²) in [5, 5.41) is 0. The van der Waals surface area contributed by atoms with Gasteiger partial charge < -0.3 is 14.2 Å². The van der Waals surface area contributed by atoms with Crippen LogP contribution in [0.4, 0.5) is 0 Å². The van der Waals surface area contributed by atoms with Crippen LogP contribution in [0.1, 0.15) is 335 Å². The second-order valence-corrected chi connectivity index (χ2v) is 22.7. The second-order valence-electron chi connectivity index (χ2n) is 22.7. The quantitative estimate of drug-likeness (QED) is 0.0261. The van der Waals surface area contributed by atoms with Crippen LogP contribution in [0.15, 0.2) is 97.2 Å². The first-order valence-corrected chi connectivity index (χ1v) is 34.2. The minimum absolute atomic E-state index is 0.0813. The summed E-state index contributed by atoms with van der Waals surface area (Å²) in [6, 6.07) is 0. The molecular weight excluding hydrogens is 985 g/mol. The van der Waals surface area contributed by atoms with E-state index >= 15 is 0 Å². The van der Waals surface area contributed by atoms with Crippen molar-refractivity contribution in [2.24, 2.45) is 0 Å². The molecule has 0 radical (unpaired) electrons. The smallest absolute Gasteiger partial charge is 0.306 e. The highest BCUT2D eigenvalue weighted by atomic mass is 16.6. The number of esters is 3. The summed E-state index contributed by atoms with van der Waals surface area (Å²) >= 11 is 0. The van der Waals surface area contributed by atoms with Crippen molar-refractivity contribution in [3.8, 4) is 0 Å². The Balaban J connectivity index is 4.32. The van der Waals surface area contributed by atoms with E-state index in [1.54, 1.807) is 0 Å². The van der Waals surface area contributed by atoms with Gasteiger partial charge in [-0.2, -0.15) is 0 Å². The molecule has 80 heavy (non-hydrogen) atoms. The highest BCUT2D eigenvalue weighted by Gasteiger charge is 2.19. The van der Waals surface area contributed by atoms with Crippen LogP contribution in [0.25, 0.3) is 0 Å². The van der Waals surface area contributed by atoms with Crippen molar-refractivity contribution in [2.75, 3.05) is 13.2 Å². The van der Waals surface area contributed by atoms with E-state index < -0.39 is 6.10 Å². The van der Waals surface area contributed by atoms with E-state index in [2.05, 4.69) is 118 Å². The first-order valence-electron chi connectivity index (χ1n) is 34.2. The number of unbranched alkanes of at least 4 members (excludes halogenated alkanes) is 35. The van der Waals surface area contributed by atoms with Crippen molar-refractivity contribution in [2.45, 2.75) is 341 Å². The Morgan fingerprint density at radius 2 is 0.487 bits per heavy atom. The molecule has 0 fully saturated rings. The van der Waals surface area contributed by atoms with Crippen LogP contribution in [-0.2, 0) is 28.6 Å². The van der Waals surface area contributed by atoms with Crippen molar-refractivity contribution in [3.05, 3.63) is 97.2 Å². The maximum absolute atomic E-state index is 12.9. The second kappa shape index (κ2) is 67.8. The lowest BCUT2D eigenvalue weighted by molar-refractivity contribution is -0.167. The maximum Gasteiger partial charge on any atom is 0.306 e. The molecule has 0 aromatic rings. The third kappa shape index (κ3) is 65.1. The van der Waals surface area contributed by atoms with Gasteiger partial charge in [0, 0.05) is 19.3 Å². The lowest BCUT2D eigenvalue weighted by Crippen LogP contribution is -2.30. The van der Waals surface area contributed by atoms with E-state index in [0.717, 1.165) is 116 Å². The van der Waals surface area contributed by atoms with Gasteiger partial charge in [0.2, 0.25) is 0 Å². The molecule has 6 nitrogen and oxygen atoms in total. The van der Waals surface area contributed by atoms with E-state index in [9.17, 15) is 14.4 Å². The number of carbonyl (C=O) groups is 3. The molecule has 0 rings (SSSR count). The first kappa shape index (κ1) is 76.3. The molecule has 0 aromatic carbocycles. The number of allylic oxidation sites excluding steroid dienone is 16.